The van der Waals surface area contributed by atoms with Gasteiger partial charge in [-0.15, -0.1) is 0 Å². The standard InChI is InChI=1S/C20H16N2O4/c23-20-17(13-21-24)10-15(9-14-5-2-1-3-6-14)11-19(20)16-7-4-8-18(12-16)22(25)26/h1-8,10-13,23-24H,9H2. The highest BCUT2D eigenvalue weighted by Gasteiger charge is 2.14. The molecule has 0 heterocycles. The highest BCUT2D eigenvalue weighted by Crippen LogP contribution is 2.35. The molecule has 0 bridgehead atoms. The molecule has 0 spiro atoms. The van der Waals surface area contributed by atoms with Crippen molar-refractivity contribution in [1.29, 1.82) is 0 Å². The van der Waals surface area contributed by atoms with E-state index < -0.39 is 4.92 Å². The second kappa shape index (κ2) is 7.48. The predicted octanol–water partition coefficient (Wildman–Crippen LogP) is 4.37. The molecule has 0 unspecified atom stereocenters. The fourth-order valence-electron chi connectivity index (χ4n) is 2.82. The van der Waals surface area contributed by atoms with E-state index in [1.54, 1.807) is 24.3 Å². The second-order valence-corrected chi connectivity index (χ2v) is 5.80. The third-order valence-electron chi connectivity index (χ3n) is 4.02. The Hall–Kier alpha value is -3.67. The molecular formula is C20H16N2O4. The van der Waals surface area contributed by atoms with E-state index in [-0.39, 0.29) is 11.4 Å². The number of oxime groups is 1. The molecule has 0 aromatic heterocycles. The van der Waals surface area contributed by atoms with Crippen molar-refractivity contribution >= 4 is 11.9 Å². The molecule has 6 nitrogen and oxygen atoms in total. The van der Waals surface area contributed by atoms with Crippen molar-refractivity contribution in [3.05, 3.63) is 93.5 Å². The number of nitrogens with zero attached hydrogens (tertiary/aromatic N) is 2. The molecule has 2 N–H and O–H groups in total. The summed E-state index contributed by atoms with van der Waals surface area (Å²) in [6, 6.07) is 19.3. The SMILES string of the molecule is O=[N+]([O-])c1cccc(-c2cc(Cc3ccccc3)cc(C=NO)c2O)c1. The summed E-state index contributed by atoms with van der Waals surface area (Å²) in [6.45, 7) is 0. The molecule has 0 fully saturated rings. The monoisotopic (exact) mass is 348 g/mol. The Morgan fingerprint density at radius 3 is 2.46 bits per heavy atom. The average molecular weight is 348 g/mol. The van der Waals surface area contributed by atoms with Crippen molar-refractivity contribution < 1.29 is 15.2 Å². The number of aromatic hydroxyl groups is 1. The normalized spacial score (nSPS) is 10.9. The number of nitro groups is 1. The first-order chi connectivity index (χ1) is 12.6. The number of hydrogen-bond acceptors (Lipinski definition) is 5. The van der Waals surface area contributed by atoms with Crippen LogP contribution in [-0.4, -0.2) is 21.5 Å². The fraction of sp³-hybridized carbons (Fsp3) is 0.0500. The van der Waals surface area contributed by atoms with Gasteiger partial charge in [-0.25, -0.2) is 0 Å². The predicted molar refractivity (Wildman–Crippen MR) is 98.8 cm³/mol. The Kier molecular flexibility index (Phi) is 4.94. The van der Waals surface area contributed by atoms with Crippen LogP contribution in [0.4, 0.5) is 5.69 Å². The number of phenolic OH excluding ortho intramolecular Hbond substituents is 1. The van der Waals surface area contributed by atoms with E-state index in [0.717, 1.165) is 17.3 Å². The van der Waals surface area contributed by atoms with Gasteiger partial charge in [0.15, 0.2) is 0 Å². The topological polar surface area (TPSA) is 96.0 Å². The van der Waals surface area contributed by atoms with Crippen molar-refractivity contribution in [2.75, 3.05) is 0 Å². The minimum Gasteiger partial charge on any atom is -0.507 e. The summed E-state index contributed by atoms with van der Waals surface area (Å²) in [5.41, 5.74) is 3.19. The van der Waals surface area contributed by atoms with Gasteiger partial charge in [-0.3, -0.25) is 10.1 Å². The van der Waals surface area contributed by atoms with Crippen LogP contribution in [0, 0.1) is 10.1 Å². The second-order valence-electron chi connectivity index (χ2n) is 5.80. The molecule has 130 valence electrons. The maximum Gasteiger partial charge on any atom is 0.270 e. The zero-order valence-corrected chi connectivity index (χ0v) is 13.7. The van der Waals surface area contributed by atoms with Crippen LogP contribution in [0.2, 0.25) is 0 Å². The van der Waals surface area contributed by atoms with E-state index in [1.807, 2.05) is 30.3 Å². The molecule has 3 aromatic carbocycles. The van der Waals surface area contributed by atoms with Crippen molar-refractivity contribution in [3.8, 4) is 16.9 Å². The van der Waals surface area contributed by atoms with Crippen LogP contribution in [0.3, 0.4) is 0 Å². The Bertz CT molecular complexity index is 969. The summed E-state index contributed by atoms with van der Waals surface area (Å²) < 4.78 is 0. The third kappa shape index (κ3) is 3.70. The highest BCUT2D eigenvalue weighted by molar-refractivity contribution is 5.89. The molecule has 0 atom stereocenters. The molecule has 3 rings (SSSR count). The van der Waals surface area contributed by atoms with Gasteiger partial charge in [0, 0.05) is 23.3 Å². The summed E-state index contributed by atoms with van der Waals surface area (Å²) in [7, 11) is 0. The minimum atomic E-state index is -0.482. The van der Waals surface area contributed by atoms with Crippen molar-refractivity contribution in [2.45, 2.75) is 6.42 Å². The van der Waals surface area contributed by atoms with Gasteiger partial charge in [0.25, 0.3) is 5.69 Å². The van der Waals surface area contributed by atoms with E-state index in [4.69, 9.17) is 5.21 Å². The Morgan fingerprint density at radius 1 is 1.00 bits per heavy atom. The van der Waals surface area contributed by atoms with Crippen LogP contribution < -0.4 is 0 Å². The summed E-state index contributed by atoms with van der Waals surface area (Å²) >= 11 is 0. The van der Waals surface area contributed by atoms with Crippen LogP contribution in [0.1, 0.15) is 16.7 Å². The lowest BCUT2D eigenvalue weighted by molar-refractivity contribution is -0.384. The minimum absolute atomic E-state index is 0.0623. The van der Waals surface area contributed by atoms with Crippen molar-refractivity contribution in [1.82, 2.24) is 0 Å². The molecular weight excluding hydrogens is 332 g/mol. The number of nitro benzene ring substituents is 1. The maximum atomic E-state index is 11.0. The van der Waals surface area contributed by atoms with Crippen molar-refractivity contribution in [3.63, 3.8) is 0 Å². The largest absolute Gasteiger partial charge is 0.507 e. The fourth-order valence-corrected chi connectivity index (χ4v) is 2.82. The molecule has 26 heavy (non-hydrogen) atoms. The quantitative estimate of drug-likeness (QED) is 0.310. The van der Waals surface area contributed by atoms with E-state index in [2.05, 4.69) is 5.16 Å². The zero-order valence-electron chi connectivity index (χ0n) is 13.7. The van der Waals surface area contributed by atoms with Gasteiger partial charge >= 0.3 is 0 Å². The Balaban J connectivity index is 2.11. The third-order valence-corrected chi connectivity index (χ3v) is 4.02. The van der Waals surface area contributed by atoms with E-state index in [1.165, 1.54) is 12.1 Å². The van der Waals surface area contributed by atoms with Gasteiger partial charge in [-0.05, 0) is 35.2 Å². The van der Waals surface area contributed by atoms with Crippen molar-refractivity contribution in [2.24, 2.45) is 5.16 Å². The van der Waals surface area contributed by atoms with Crippen LogP contribution in [0.25, 0.3) is 11.1 Å². The summed E-state index contributed by atoms with van der Waals surface area (Å²) in [4.78, 5) is 10.6. The lowest BCUT2D eigenvalue weighted by Crippen LogP contribution is -1.95. The lowest BCUT2D eigenvalue weighted by Gasteiger charge is -2.11. The Morgan fingerprint density at radius 2 is 1.77 bits per heavy atom. The number of rotatable bonds is 5. The molecule has 3 aromatic rings. The smallest absolute Gasteiger partial charge is 0.270 e. The number of hydrogen-bond donors (Lipinski definition) is 2. The maximum absolute atomic E-state index is 11.0. The molecule has 0 aliphatic rings. The van der Waals surface area contributed by atoms with Crippen LogP contribution in [0.15, 0.2) is 71.9 Å². The lowest BCUT2D eigenvalue weighted by atomic mass is 9.95. The first-order valence-corrected chi connectivity index (χ1v) is 7.90. The molecule has 6 heteroatoms. The molecule has 0 aliphatic carbocycles. The molecule has 0 amide bonds. The van der Waals surface area contributed by atoms with Crippen LogP contribution in [0.5, 0.6) is 5.75 Å². The van der Waals surface area contributed by atoms with Gasteiger partial charge in [0.2, 0.25) is 0 Å². The van der Waals surface area contributed by atoms with Gasteiger partial charge in [-0.2, -0.15) is 0 Å². The molecule has 0 radical (unpaired) electrons. The highest BCUT2D eigenvalue weighted by atomic mass is 16.6. The van der Waals surface area contributed by atoms with Gasteiger partial charge in [0.05, 0.1) is 11.1 Å². The van der Waals surface area contributed by atoms with Gasteiger partial charge in [0.1, 0.15) is 5.75 Å². The average Bonchev–Trinajstić information content (AvgIpc) is 2.65. The Labute approximate surface area is 149 Å². The van der Waals surface area contributed by atoms with Crippen LogP contribution >= 0.6 is 0 Å². The summed E-state index contributed by atoms with van der Waals surface area (Å²) in [5, 5.41) is 33.4. The first kappa shape index (κ1) is 17.2. The number of non-ortho nitro benzene ring substituents is 1. The van der Waals surface area contributed by atoms with Gasteiger partial charge in [-0.1, -0.05) is 47.6 Å². The van der Waals surface area contributed by atoms with Gasteiger partial charge < -0.3 is 10.3 Å². The molecule has 0 saturated carbocycles. The number of phenols is 1. The summed E-state index contributed by atoms with van der Waals surface area (Å²) in [6.07, 6.45) is 1.75. The molecule has 0 saturated heterocycles. The van der Waals surface area contributed by atoms with E-state index >= 15 is 0 Å². The van der Waals surface area contributed by atoms with E-state index in [9.17, 15) is 15.2 Å². The molecule has 0 aliphatic heterocycles. The first-order valence-electron chi connectivity index (χ1n) is 7.90. The number of benzene rings is 3. The zero-order chi connectivity index (χ0) is 18.5. The summed E-state index contributed by atoms with van der Waals surface area (Å²) in [5.74, 6) is -0.0971. The van der Waals surface area contributed by atoms with E-state index in [0.29, 0.717) is 23.1 Å². The van der Waals surface area contributed by atoms with Crippen LogP contribution in [-0.2, 0) is 6.42 Å².